The lowest BCUT2D eigenvalue weighted by atomic mass is 10.1. The number of hydrogen-bond acceptors (Lipinski definition) is 7. The van der Waals surface area contributed by atoms with Crippen LogP contribution in [0, 0.1) is 25.2 Å². The maximum Gasteiger partial charge on any atom is 0.344 e. The third-order valence-electron chi connectivity index (χ3n) is 5.23. The number of nitrogens with zero attached hydrogens (tertiary/aromatic N) is 2. The third-order valence-corrected chi connectivity index (χ3v) is 5.23. The Morgan fingerprint density at radius 3 is 2.58 bits per heavy atom. The van der Waals surface area contributed by atoms with E-state index in [2.05, 4.69) is 0 Å². The Bertz CT molecular complexity index is 1250. The molecular weight excluding hydrogens is 424 g/mol. The van der Waals surface area contributed by atoms with Crippen LogP contribution >= 0.6 is 0 Å². The van der Waals surface area contributed by atoms with E-state index in [-0.39, 0.29) is 11.5 Å². The van der Waals surface area contributed by atoms with Crippen molar-refractivity contribution in [2.24, 2.45) is 0 Å². The van der Waals surface area contributed by atoms with Gasteiger partial charge in [0.25, 0.3) is 0 Å². The number of nitriles is 1. The molecule has 0 amide bonds. The summed E-state index contributed by atoms with van der Waals surface area (Å²) in [6.07, 6.45) is 0. The summed E-state index contributed by atoms with van der Waals surface area (Å²) in [6.45, 7) is 3.92. The summed E-state index contributed by atoms with van der Waals surface area (Å²) in [5, 5.41) is 9.07. The number of rotatable bonds is 7. The van der Waals surface area contributed by atoms with Crippen molar-refractivity contribution in [2.45, 2.75) is 13.8 Å². The van der Waals surface area contributed by atoms with Crippen molar-refractivity contribution in [3.05, 3.63) is 71.0 Å². The molecule has 4 rings (SSSR count). The second-order valence-corrected chi connectivity index (χ2v) is 7.43. The highest BCUT2D eigenvalue weighted by Crippen LogP contribution is 2.33. The van der Waals surface area contributed by atoms with E-state index >= 15 is 0 Å². The summed E-state index contributed by atoms with van der Waals surface area (Å²) in [5.74, 6) is 0.613. The van der Waals surface area contributed by atoms with Crippen LogP contribution in [0.25, 0.3) is 5.69 Å². The van der Waals surface area contributed by atoms with E-state index in [4.69, 9.17) is 24.2 Å². The number of hydrogen-bond donors (Lipinski definition) is 0. The predicted molar refractivity (Wildman–Crippen MR) is 118 cm³/mol. The Labute approximate surface area is 190 Å². The molecule has 0 atom stereocenters. The first-order chi connectivity index (χ1) is 16.0. The standard InChI is InChI=1S/C25H22N2O6/c1-16-11-20(17(2)27(16)19-7-8-23-24(12-19)31-10-9-30-23)21(28)14-33-25(29)15-32-22-6-4-3-5-18(22)13-26/h3-8,11-12H,9-10,14-15H2,1-2H3. The summed E-state index contributed by atoms with van der Waals surface area (Å²) in [7, 11) is 0. The van der Waals surface area contributed by atoms with Crippen LogP contribution < -0.4 is 14.2 Å². The minimum atomic E-state index is -0.697. The highest BCUT2D eigenvalue weighted by atomic mass is 16.6. The molecule has 0 saturated heterocycles. The van der Waals surface area contributed by atoms with E-state index in [0.717, 1.165) is 17.1 Å². The second kappa shape index (κ2) is 9.49. The van der Waals surface area contributed by atoms with Crippen molar-refractivity contribution in [1.82, 2.24) is 4.57 Å². The van der Waals surface area contributed by atoms with Crippen LogP contribution in [-0.4, -0.2) is 42.7 Å². The summed E-state index contributed by atoms with van der Waals surface area (Å²) in [5.41, 5.74) is 3.20. The average molecular weight is 446 g/mol. The van der Waals surface area contributed by atoms with Crippen molar-refractivity contribution < 1.29 is 28.5 Å². The fourth-order valence-electron chi connectivity index (χ4n) is 3.70. The van der Waals surface area contributed by atoms with Gasteiger partial charge in [-0.3, -0.25) is 4.79 Å². The zero-order valence-corrected chi connectivity index (χ0v) is 18.3. The van der Waals surface area contributed by atoms with E-state index in [1.165, 1.54) is 0 Å². The van der Waals surface area contributed by atoms with Crippen LogP contribution in [0.3, 0.4) is 0 Å². The number of aromatic nitrogens is 1. The van der Waals surface area contributed by atoms with Gasteiger partial charge in [0.1, 0.15) is 25.0 Å². The molecule has 0 bridgehead atoms. The number of benzene rings is 2. The van der Waals surface area contributed by atoms with Gasteiger partial charge < -0.3 is 23.5 Å². The van der Waals surface area contributed by atoms with E-state index in [0.29, 0.717) is 35.8 Å². The molecule has 1 aliphatic heterocycles. The number of aryl methyl sites for hydroxylation is 1. The number of Topliss-reactive ketones (excluding diaryl/α,β-unsaturated/α-hetero) is 1. The molecule has 2 heterocycles. The molecule has 0 aliphatic carbocycles. The minimum absolute atomic E-state index is 0.284. The fourth-order valence-corrected chi connectivity index (χ4v) is 3.70. The van der Waals surface area contributed by atoms with Gasteiger partial charge in [0, 0.05) is 28.7 Å². The average Bonchev–Trinajstić information content (AvgIpc) is 3.14. The zero-order chi connectivity index (χ0) is 23.4. The first kappa shape index (κ1) is 22.0. The van der Waals surface area contributed by atoms with Gasteiger partial charge >= 0.3 is 5.97 Å². The van der Waals surface area contributed by atoms with E-state index in [9.17, 15) is 9.59 Å². The van der Waals surface area contributed by atoms with Crippen LogP contribution in [0.2, 0.25) is 0 Å². The summed E-state index contributed by atoms with van der Waals surface area (Å²) < 4.78 is 23.6. The Kier molecular flexibility index (Phi) is 6.31. The quantitative estimate of drug-likeness (QED) is 0.404. The van der Waals surface area contributed by atoms with E-state index < -0.39 is 19.2 Å². The lowest BCUT2D eigenvalue weighted by Gasteiger charge is -2.20. The highest BCUT2D eigenvalue weighted by molar-refractivity contribution is 5.99. The Hall–Kier alpha value is -4.25. The van der Waals surface area contributed by atoms with E-state index in [1.54, 1.807) is 30.3 Å². The topological polar surface area (TPSA) is 99.8 Å². The molecular formula is C25H22N2O6. The van der Waals surface area contributed by atoms with Crippen molar-refractivity contribution in [3.63, 3.8) is 0 Å². The maximum absolute atomic E-state index is 12.8. The van der Waals surface area contributed by atoms with E-state index in [1.807, 2.05) is 42.7 Å². The Morgan fingerprint density at radius 1 is 1.03 bits per heavy atom. The van der Waals surface area contributed by atoms with Gasteiger partial charge in [0.15, 0.2) is 24.7 Å². The van der Waals surface area contributed by atoms with Crippen molar-refractivity contribution in [3.8, 4) is 29.0 Å². The summed E-state index contributed by atoms with van der Waals surface area (Å²) >= 11 is 0. The van der Waals surface area contributed by atoms with Crippen molar-refractivity contribution >= 4 is 11.8 Å². The van der Waals surface area contributed by atoms with Crippen molar-refractivity contribution in [2.75, 3.05) is 26.4 Å². The minimum Gasteiger partial charge on any atom is -0.486 e. The lowest BCUT2D eigenvalue weighted by molar-refractivity contribution is -0.144. The number of esters is 1. The number of fused-ring (bicyclic) bond motifs is 1. The third kappa shape index (κ3) is 4.67. The van der Waals surface area contributed by atoms with Gasteiger partial charge in [-0.2, -0.15) is 5.26 Å². The normalized spacial score (nSPS) is 12.0. The molecule has 1 aliphatic rings. The number of ether oxygens (including phenoxy) is 4. The predicted octanol–water partition coefficient (Wildman–Crippen LogP) is 3.54. The Balaban J connectivity index is 1.41. The molecule has 8 heteroatoms. The smallest absolute Gasteiger partial charge is 0.344 e. The van der Waals surface area contributed by atoms with Crippen LogP contribution in [0.15, 0.2) is 48.5 Å². The number of carbonyl (C=O) groups excluding carboxylic acids is 2. The van der Waals surface area contributed by atoms with Gasteiger partial charge in [0.2, 0.25) is 5.78 Å². The van der Waals surface area contributed by atoms with Gasteiger partial charge in [0.05, 0.1) is 5.56 Å². The molecule has 0 spiro atoms. The van der Waals surface area contributed by atoms with Gasteiger partial charge in [-0.05, 0) is 44.2 Å². The number of carbonyl (C=O) groups is 2. The largest absolute Gasteiger partial charge is 0.486 e. The Morgan fingerprint density at radius 2 is 1.79 bits per heavy atom. The molecule has 8 nitrogen and oxygen atoms in total. The highest BCUT2D eigenvalue weighted by Gasteiger charge is 2.20. The SMILES string of the molecule is Cc1cc(C(=O)COC(=O)COc2ccccc2C#N)c(C)n1-c1ccc2c(c1)OCCO2. The number of ketones is 1. The monoisotopic (exact) mass is 446 g/mol. The molecule has 0 radical (unpaired) electrons. The first-order valence-electron chi connectivity index (χ1n) is 10.4. The molecule has 168 valence electrons. The molecule has 0 unspecified atom stereocenters. The molecule has 0 N–H and O–H groups in total. The van der Waals surface area contributed by atoms with Crippen LogP contribution in [-0.2, 0) is 9.53 Å². The van der Waals surface area contributed by atoms with Crippen LogP contribution in [0.4, 0.5) is 0 Å². The van der Waals surface area contributed by atoms with Gasteiger partial charge in [-0.25, -0.2) is 4.79 Å². The molecule has 0 fully saturated rings. The molecule has 3 aromatic rings. The molecule has 2 aromatic carbocycles. The molecule has 1 aromatic heterocycles. The second-order valence-electron chi connectivity index (χ2n) is 7.43. The molecule has 33 heavy (non-hydrogen) atoms. The summed E-state index contributed by atoms with van der Waals surface area (Å²) in [4.78, 5) is 24.8. The molecule has 0 saturated carbocycles. The van der Waals surface area contributed by atoms with Gasteiger partial charge in [-0.15, -0.1) is 0 Å². The van der Waals surface area contributed by atoms with Crippen molar-refractivity contribution in [1.29, 1.82) is 5.26 Å². The lowest BCUT2D eigenvalue weighted by Crippen LogP contribution is -2.20. The summed E-state index contributed by atoms with van der Waals surface area (Å²) in [6, 6.07) is 15.9. The zero-order valence-electron chi connectivity index (χ0n) is 18.3. The van der Waals surface area contributed by atoms with Crippen LogP contribution in [0.1, 0.15) is 27.3 Å². The maximum atomic E-state index is 12.8. The van der Waals surface area contributed by atoms with Crippen LogP contribution in [0.5, 0.6) is 17.2 Å². The fraction of sp³-hybridized carbons (Fsp3) is 0.240. The first-order valence-corrected chi connectivity index (χ1v) is 10.4. The van der Waals surface area contributed by atoms with Gasteiger partial charge in [-0.1, -0.05) is 12.1 Å². The number of para-hydroxylation sites is 1.